The molecule has 176 valence electrons. The Labute approximate surface area is 196 Å². The molecule has 4 rings (SSSR count). The van der Waals surface area contributed by atoms with Crippen LogP contribution in [0, 0.1) is 6.92 Å². The SMILES string of the molecule is CCNC(=NCc1ccc(N2CCN(C)CC2)nc1)NCCCn1c(C)nc2ccccc21. The lowest BCUT2D eigenvalue weighted by atomic mass is 10.2. The third kappa shape index (κ3) is 6.01. The molecule has 1 fully saturated rings. The summed E-state index contributed by atoms with van der Waals surface area (Å²) in [6, 6.07) is 12.6. The van der Waals surface area contributed by atoms with Crippen LogP contribution in [0.3, 0.4) is 0 Å². The summed E-state index contributed by atoms with van der Waals surface area (Å²) >= 11 is 0. The maximum absolute atomic E-state index is 4.75. The third-order valence-electron chi connectivity index (χ3n) is 6.10. The van der Waals surface area contributed by atoms with E-state index in [1.165, 1.54) is 5.52 Å². The van der Waals surface area contributed by atoms with Crippen LogP contribution in [0.25, 0.3) is 11.0 Å². The molecule has 1 aliphatic rings. The molecule has 3 heterocycles. The normalized spacial score (nSPS) is 15.2. The molecule has 0 saturated carbocycles. The van der Waals surface area contributed by atoms with Crippen LogP contribution in [0.2, 0.25) is 0 Å². The molecule has 8 nitrogen and oxygen atoms in total. The van der Waals surface area contributed by atoms with E-state index < -0.39 is 0 Å². The van der Waals surface area contributed by atoms with Gasteiger partial charge in [-0.05, 0) is 51.1 Å². The van der Waals surface area contributed by atoms with Crippen molar-refractivity contribution in [2.45, 2.75) is 33.4 Å². The van der Waals surface area contributed by atoms with Crippen LogP contribution in [0.4, 0.5) is 5.82 Å². The Morgan fingerprint density at radius 1 is 1.06 bits per heavy atom. The molecule has 1 aliphatic heterocycles. The van der Waals surface area contributed by atoms with Crippen molar-refractivity contribution in [3.8, 4) is 0 Å². The van der Waals surface area contributed by atoms with Gasteiger partial charge in [-0.3, -0.25) is 0 Å². The smallest absolute Gasteiger partial charge is 0.191 e. The lowest BCUT2D eigenvalue weighted by molar-refractivity contribution is 0.312. The van der Waals surface area contributed by atoms with Gasteiger partial charge in [-0.15, -0.1) is 0 Å². The minimum atomic E-state index is 0.608. The summed E-state index contributed by atoms with van der Waals surface area (Å²) in [4.78, 5) is 18.8. The second kappa shape index (κ2) is 11.1. The molecule has 1 saturated heterocycles. The molecule has 3 aromatic rings. The van der Waals surface area contributed by atoms with Gasteiger partial charge in [0, 0.05) is 52.0 Å². The summed E-state index contributed by atoms with van der Waals surface area (Å²) in [5.41, 5.74) is 3.37. The Bertz CT molecular complexity index is 1050. The van der Waals surface area contributed by atoms with Crippen LogP contribution in [0.5, 0.6) is 0 Å². The molecule has 0 amide bonds. The second-order valence-electron chi connectivity index (χ2n) is 8.59. The number of nitrogens with one attached hydrogen (secondary N) is 2. The fourth-order valence-corrected chi connectivity index (χ4v) is 4.17. The number of hydrogen-bond acceptors (Lipinski definition) is 5. The van der Waals surface area contributed by atoms with Gasteiger partial charge >= 0.3 is 0 Å². The van der Waals surface area contributed by atoms with E-state index >= 15 is 0 Å². The number of aliphatic imine (C=N–C) groups is 1. The standard InChI is InChI=1S/C25H36N8/c1-4-26-25(27-12-7-13-33-20(2)30-22-8-5-6-9-23(22)33)29-19-21-10-11-24(28-18-21)32-16-14-31(3)15-17-32/h5-6,8-11,18H,4,7,12-17,19H2,1-3H3,(H2,26,27,29). The maximum atomic E-state index is 4.75. The first-order valence-corrected chi connectivity index (χ1v) is 12.0. The van der Waals surface area contributed by atoms with Crippen LogP contribution >= 0.6 is 0 Å². The molecule has 0 aliphatic carbocycles. The Morgan fingerprint density at radius 3 is 2.64 bits per heavy atom. The van der Waals surface area contributed by atoms with Crippen molar-refractivity contribution >= 4 is 22.8 Å². The van der Waals surface area contributed by atoms with Gasteiger partial charge in [0.15, 0.2) is 5.96 Å². The van der Waals surface area contributed by atoms with E-state index in [1.54, 1.807) is 0 Å². The zero-order valence-corrected chi connectivity index (χ0v) is 20.1. The highest BCUT2D eigenvalue weighted by Gasteiger charge is 2.15. The number of benzene rings is 1. The molecule has 0 bridgehead atoms. The predicted molar refractivity (Wildman–Crippen MR) is 136 cm³/mol. The molecule has 2 aromatic heterocycles. The van der Waals surface area contributed by atoms with Gasteiger partial charge in [-0.1, -0.05) is 18.2 Å². The van der Waals surface area contributed by atoms with Crippen molar-refractivity contribution in [3.05, 3.63) is 54.0 Å². The zero-order valence-electron chi connectivity index (χ0n) is 20.1. The van der Waals surface area contributed by atoms with E-state index in [-0.39, 0.29) is 0 Å². The number of guanidine groups is 1. The first kappa shape index (κ1) is 23.0. The topological polar surface area (TPSA) is 73.6 Å². The highest BCUT2D eigenvalue weighted by molar-refractivity contribution is 5.79. The van der Waals surface area contributed by atoms with Gasteiger partial charge in [-0.25, -0.2) is 15.0 Å². The van der Waals surface area contributed by atoms with Crippen molar-refractivity contribution < 1.29 is 0 Å². The van der Waals surface area contributed by atoms with E-state index in [0.29, 0.717) is 6.54 Å². The van der Waals surface area contributed by atoms with Crippen molar-refractivity contribution in [2.24, 2.45) is 4.99 Å². The van der Waals surface area contributed by atoms with E-state index in [1.807, 2.05) is 12.3 Å². The van der Waals surface area contributed by atoms with Crippen molar-refractivity contribution in [1.82, 2.24) is 30.1 Å². The number of anilines is 1. The molecule has 33 heavy (non-hydrogen) atoms. The molecule has 0 radical (unpaired) electrons. The monoisotopic (exact) mass is 448 g/mol. The Morgan fingerprint density at radius 2 is 1.88 bits per heavy atom. The molecule has 0 spiro atoms. The van der Waals surface area contributed by atoms with Gasteiger partial charge in [-0.2, -0.15) is 0 Å². The average molecular weight is 449 g/mol. The lowest BCUT2D eigenvalue weighted by Crippen LogP contribution is -2.44. The van der Waals surface area contributed by atoms with Crippen molar-refractivity contribution in [2.75, 3.05) is 51.2 Å². The van der Waals surface area contributed by atoms with E-state index in [0.717, 1.165) is 80.9 Å². The number of aromatic nitrogens is 3. The Balaban J connectivity index is 1.28. The van der Waals surface area contributed by atoms with Gasteiger partial charge in [0.1, 0.15) is 11.6 Å². The lowest BCUT2D eigenvalue weighted by Gasteiger charge is -2.33. The maximum Gasteiger partial charge on any atom is 0.191 e. The van der Waals surface area contributed by atoms with E-state index in [4.69, 9.17) is 4.99 Å². The molecule has 1 aromatic carbocycles. The molecular weight excluding hydrogens is 412 g/mol. The first-order chi connectivity index (χ1) is 16.1. The zero-order chi connectivity index (χ0) is 23.0. The van der Waals surface area contributed by atoms with Crippen LogP contribution in [0.15, 0.2) is 47.6 Å². The van der Waals surface area contributed by atoms with Gasteiger partial charge in [0.25, 0.3) is 0 Å². The van der Waals surface area contributed by atoms with Crippen molar-refractivity contribution in [3.63, 3.8) is 0 Å². The first-order valence-electron chi connectivity index (χ1n) is 12.0. The fourth-order valence-electron chi connectivity index (χ4n) is 4.17. The number of para-hydroxylation sites is 2. The summed E-state index contributed by atoms with van der Waals surface area (Å²) < 4.78 is 2.29. The predicted octanol–water partition coefficient (Wildman–Crippen LogP) is 2.64. The van der Waals surface area contributed by atoms with E-state index in [2.05, 4.69) is 86.2 Å². The average Bonchev–Trinajstić information content (AvgIpc) is 3.16. The molecule has 0 unspecified atom stereocenters. The third-order valence-corrected chi connectivity index (χ3v) is 6.10. The minimum absolute atomic E-state index is 0.608. The molecule has 2 N–H and O–H groups in total. The summed E-state index contributed by atoms with van der Waals surface area (Å²) in [6.07, 6.45) is 2.94. The number of pyridine rings is 1. The van der Waals surface area contributed by atoms with Crippen LogP contribution < -0.4 is 15.5 Å². The fraction of sp³-hybridized carbons (Fsp3) is 0.480. The highest BCUT2D eigenvalue weighted by Crippen LogP contribution is 2.16. The van der Waals surface area contributed by atoms with Crippen LogP contribution in [-0.2, 0) is 13.1 Å². The summed E-state index contributed by atoms with van der Waals surface area (Å²) in [7, 11) is 2.17. The number of nitrogens with zero attached hydrogens (tertiary/aromatic N) is 6. The summed E-state index contributed by atoms with van der Waals surface area (Å²) in [5.74, 6) is 2.96. The summed E-state index contributed by atoms with van der Waals surface area (Å²) in [5, 5.41) is 6.80. The van der Waals surface area contributed by atoms with E-state index in [9.17, 15) is 0 Å². The Kier molecular flexibility index (Phi) is 7.78. The number of aryl methyl sites for hydroxylation is 2. The van der Waals surface area contributed by atoms with Gasteiger partial charge in [0.2, 0.25) is 0 Å². The highest BCUT2D eigenvalue weighted by atomic mass is 15.3. The number of likely N-dealkylation sites (N-methyl/N-ethyl adjacent to an activating group) is 1. The second-order valence-corrected chi connectivity index (χ2v) is 8.59. The summed E-state index contributed by atoms with van der Waals surface area (Å²) in [6.45, 7) is 11.6. The van der Waals surface area contributed by atoms with Gasteiger partial charge < -0.3 is 25.0 Å². The Hall–Kier alpha value is -3.13. The number of rotatable bonds is 8. The minimum Gasteiger partial charge on any atom is -0.357 e. The quantitative estimate of drug-likeness (QED) is 0.314. The van der Waals surface area contributed by atoms with Crippen LogP contribution in [-0.4, -0.2) is 71.7 Å². The number of piperazine rings is 1. The van der Waals surface area contributed by atoms with Crippen molar-refractivity contribution in [1.29, 1.82) is 0 Å². The number of imidazole rings is 1. The van der Waals surface area contributed by atoms with Gasteiger partial charge in [0.05, 0.1) is 17.6 Å². The van der Waals surface area contributed by atoms with Crippen LogP contribution in [0.1, 0.15) is 24.7 Å². The number of fused-ring (bicyclic) bond motifs is 1. The largest absolute Gasteiger partial charge is 0.357 e. The number of hydrogen-bond donors (Lipinski definition) is 2. The molecular formula is C25H36N8. The molecule has 0 atom stereocenters. The molecule has 8 heteroatoms.